The minimum atomic E-state index is 0.246. The average molecular weight is 328 g/mol. The van der Waals surface area contributed by atoms with E-state index in [9.17, 15) is 5.11 Å². The highest BCUT2D eigenvalue weighted by atomic mass is 16.3. The van der Waals surface area contributed by atoms with Gasteiger partial charge in [0.1, 0.15) is 5.75 Å². The average Bonchev–Trinajstić information content (AvgIpc) is 2.35. The van der Waals surface area contributed by atoms with Crippen LogP contribution in [0.25, 0.3) is 0 Å². The molecule has 0 bridgehead atoms. The van der Waals surface area contributed by atoms with Crippen LogP contribution in [-0.4, -0.2) is 11.1 Å². The van der Waals surface area contributed by atoms with Gasteiger partial charge in [-0.25, -0.2) is 0 Å². The van der Waals surface area contributed by atoms with Crippen LogP contribution in [0, 0.1) is 19.3 Å². The molecule has 1 aliphatic rings. The molecule has 0 unspecified atom stereocenters. The van der Waals surface area contributed by atoms with E-state index in [1.54, 1.807) is 0 Å². The largest absolute Gasteiger partial charge is 0.508 e. The van der Waals surface area contributed by atoms with Crippen molar-refractivity contribution in [2.24, 2.45) is 5.41 Å². The molecule has 0 spiro atoms. The third-order valence-electron chi connectivity index (χ3n) is 4.90. The number of hydrogen-bond donors (Lipinski definition) is 1. The molecule has 1 N–H and O–H groups in total. The minimum absolute atomic E-state index is 0.246. The number of aromatic hydroxyl groups is 1. The molecule has 0 aromatic heterocycles. The van der Waals surface area contributed by atoms with Gasteiger partial charge < -0.3 is 10.0 Å². The van der Waals surface area contributed by atoms with Crippen molar-refractivity contribution in [2.45, 2.75) is 72.8 Å². The number of anilines is 1. The molecule has 2 heteroatoms. The third-order valence-corrected chi connectivity index (χ3v) is 4.90. The molecule has 0 radical (unpaired) electrons. The predicted molar refractivity (Wildman–Crippen MR) is 105 cm³/mol. The van der Waals surface area contributed by atoms with E-state index in [0.717, 1.165) is 29.8 Å². The monoisotopic (exact) mass is 327 g/mol. The van der Waals surface area contributed by atoms with Gasteiger partial charge in [0.2, 0.25) is 0 Å². The number of aryl methyl sites for hydroxylation is 1. The van der Waals surface area contributed by atoms with Gasteiger partial charge in [0.05, 0.1) is 0 Å². The smallest absolute Gasteiger partial charge is 0.117 e. The van der Waals surface area contributed by atoms with Crippen molar-refractivity contribution in [3.63, 3.8) is 0 Å². The van der Waals surface area contributed by atoms with Crippen molar-refractivity contribution in [3.05, 3.63) is 47.7 Å². The van der Waals surface area contributed by atoms with Crippen molar-refractivity contribution < 1.29 is 5.11 Å². The van der Waals surface area contributed by atoms with Crippen molar-refractivity contribution in [3.8, 4) is 5.75 Å². The van der Waals surface area contributed by atoms with E-state index < -0.39 is 0 Å². The highest BCUT2D eigenvalue weighted by Gasteiger charge is 2.29. The molecule has 2 nitrogen and oxygen atoms in total. The summed E-state index contributed by atoms with van der Waals surface area (Å²) in [6.07, 6.45) is 5.48. The molecule has 1 aliphatic carbocycles. The van der Waals surface area contributed by atoms with Crippen LogP contribution in [0.1, 0.15) is 64.0 Å². The molecule has 0 atom stereocenters. The number of benzene rings is 1. The van der Waals surface area contributed by atoms with Gasteiger partial charge in [-0.1, -0.05) is 39.5 Å². The summed E-state index contributed by atoms with van der Waals surface area (Å²) in [6, 6.07) is 4.22. The molecule has 0 heterocycles. The maximum atomic E-state index is 10.1. The van der Waals surface area contributed by atoms with Crippen LogP contribution in [0.3, 0.4) is 0 Å². The summed E-state index contributed by atoms with van der Waals surface area (Å²) in [6.45, 7) is 19.6. The highest BCUT2D eigenvalue weighted by molar-refractivity contribution is 5.63. The van der Waals surface area contributed by atoms with Gasteiger partial charge in [-0.15, -0.1) is 0 Å². The molecule has 0 saturated heterocycles. The summed E-state index contributed by atoms with van der Waals surface area (Å²) in [4.78, 5) is 2.36. The summed E-state index contributed by atoms with van der Waals surface area (Å²) in [5, 5.41) is 10.1. The van der Waals surface area contributed by atoms with E-state index in [1.807, 2.05) is 12.1 Å². The minimum Gasteiger partial charge on any atom is -0.508 e. The maximum absolute atomic E-state index is 10.1. The SMILES string of the molecule is C=C(CC(=C)N(c1cc(O)cc(C)c1C)C1CCC1)CC(C)(C)C. The summed E-state index contributed by atoms with van der Waals surface area (Å²) in [5.74, 6) is 0.332. The lowest BCUT2D eigenvalue weighted by Crippen LogP contribution is -2.40. The summed E-state index contributed by atoms with van der Waals surface area (Å²) in [5.41, 5.74) is 6.02. The molecule has 24 heavy (non-hydrogen) atoms. The molecular formula is C22H33NO. The van der Waals surface area contributed by atoms with Gasteiger partial charge in [-0.05, 0) is 62.1 Å². The first-order valence-electron chi connectivity index (χ1n) is 9.02. The Morgan fingerprint density at radius 1 is 1.21 bits per heavy atom. The highest BCUT2D eigenvalue weighted by Crippen LogP contribution is 2.39. The van der Waals surface area contributed by atoms with Gasteiger partial charge in [0.15, 0.2) is 0 Å². The van der Waals surface area contributed by atoms with E-state index >= 15 is 0 Å². The normalized spacial score (nSPS) is 15.0. The zero-order valence-corrected chi connectivity index (χ0v) is 16.1. The Morgan fingerprint density at radius 3 is 2.33 bits per heavy atom. The van der Waals surface area contributed by atoms with Crippen LogP contribution < -0.4 is 4.90 Å². The first kappa shape index (κ1) is 18.6. The number of rotatable bonds is 6. The topological polar surface area (TPSA) is 23.5 Å². The van der Waals surface area contributed by atoms with Crippen LogP contribution in [0.2, 0.25) is 0 Å². The molecule has 132 valence electrons. The molecule has 1 aromatic rings. The summed E-state index contributed by atoms with van der Waals surface area (Å²) < 4.78 is 0. The van der Waals surface area contributed by atoms with Crippen LogP contribution in [0.15, 0.2) is 36.6 Å². The number of phenols is 1. The van der Waals surface area contributed by atoms with Gasteiger partial charge in [-0.3, -0.25) is 0 Å². The summed E-state index contributed by atoms with van der Waals surface area (Å²) in [7, 11) is 0. The lowest BCUT2D eigenvalue weighted by molar-refractivity contribution is 0.393. The predicted octanol–water partition coefficient (Wildman–Crippen LogP) is 6.26. The zero-order chi connectivity index (χ0) is 18.1. The van der Waals surface area contributed by atoms with Gasteiger partial charge >= 0.3 is 0 Å². The quantitative estimate of drug-likeness (QED) is 0.623. The van der Waals surface area contributed by atoms with Crippen molar-refractivity contribution in [1.82, 2.24) is 0 Å². The molecule has 0 amide bonds. The first-order valence-corrected chi connectivity index (χ1v) is 9.02. The Balaban J connectivity index is 2.26. The van der Waals surface area contributed by atoms with Gasteiger partial charge in [0.25, 0.3) is 0 Å². The van der Waals surface area contributed by atoms with E-state index in [0.29, 0.717) is 11.8 Å². The van der Waals surface area contributed by atoms with E-state index in [4.69, 9.17) is 0 Å². The van der Waals surface area contributed by atoms with E-state index in [2.05, 4.69) is 52.7 Å². The Labute approximate surface area is 147 Å². The van der Waals surface area contributed by atoms with Gasteiger partial charge in [-0.2, -0.15) is 0 Å². The van der Waals surface area contributed by atoms with Crippen LogP contribution in [0.5, 0.6) is 5.75 Å². The standard InChI is InChI=1S/C22H33NO/c1-15(14-22(5,6)7)11-17(3)23(19-9-8-10-19)21-13-20(24)12-16(2)18(21)4/h12-13,19,24H,1,3,8-11,14H2,2,4-7H3. The fourth-order valence-corrected chi connectivity index (χ4v) is 3.53. The van der Waals surface area contributed by atoms with Crippen molar-refractivity contribution >= 4 is 5.69 Å². The number of nitrogens with zero attached hydrogens (tertiary/aromatic N) is 1. The Bertz CT molecular complexity index is 632. The Hall–Kier alpha value is -1.70. The number of hydrogen-bond acceptors (Lipinski definition) is 2. The second-order valence-electron chi connectivity index (χ2n) is 8.59. The maximum Gasteiger partial charge on any atom is 0.117 e. The van der Waals surface area contributed by atoms with Gasteiger partial charge in [0, 0.05) is 29.9 Å². The lowest BCUT2D eigenvalue weighted by Gasteiger charge is -2.41. The van der Waals surface area contributed by atoms with Crippen LogP contribution >= 0.6 is 0 Å². The third kappa shape index (κ3) is 4.43. The second kappa shape index (κ2) is 7.04. The second-order valence-corrected chi connectivity index (χ2v) is 8.59. The molecule has 2 rings (SSSR count). The molecular weight excluding hydrogens is 294 g/mol. The van der Waals surface area contributed by atoms with E-state index in [1.165, 1.54) is 30.4 Å². The van der Waals surface area contributed by atoms with E-state index in [-0.39, 0.29) is 5.41 Å². The molecule has 1 aromatic carbocycles. The Kier molecular flexibility index (Phi) is 5.47. The number of allylic oxidation sites excluding steroid dienone is 1. The Morgan fingerprint density at radius 2 is 1.83 bits per heavy atom. The number of phenolic OH excluding ortho intramolecular Hbond substituents is 1. The zero-order valence-electron chi connectivity index (χ0n) is 16.1. The van der Waals surface area contributed by atoms with Crippen molar-refractivity contribution in [1.29, 1.82) is 0 Å². The lowest BCUT2D eigenvalue weighted by atomic mass is 9.86. The van der Waals surface area contributed by atoms with Crippen molar-refractivity contribution in [2.75, 3.05) is 4.90 Å². The fourth-order valence-electron chi connectivity index (χ4n) is 3.53. The molecule has 0 aliphatic heterocycles. The van der Waals surface area contributed by atoms with Crippen LogP contribution in [0.4, 0.5) is 5.69 Å². The first-order chi connectivity index (χ1) is 11.1. The molecule has 1 fully saturated rings. The fraction of sp³-hybridized carbons (Fsp3) is 0.545. The summed E-state index contributed by atoms with van der Waals surface area (Å²) >= 11 is 0. The van der Waals surface area contributed by atoms with Crippen LogP contribution in [-0.2, 0) is 0 Å². The molecule has 1 saturated carbocycles.